The van der Waals surface area contributed by atoms with Crippen LogP contribution >= 0.6 is 0 Å². The van der Waals surface area contributed by atoms with Crippen molar-refractivity contribution in [3.63, 3.8) is 0 Å². The molecule has 124 valence electrons. The van der Waals surface area contributed by atoms with Crippen LogP contribution in [0.2, 0.25) is 0 Å². The second-order valence-corrected chi connectivity index (χ2v) is 6.50. The Morgan fingerprint density at radius 3 is 2.83 bits per heavy atom. The summed E-state index contributed by atoms with van der Waals surface area (Å²) < 4.78 is 5.22. The number of H-pyrrole nitrogens is 1. The van der Waals surface area contributed by atoms with Gasteiger partial charge in [-0.25, -0.2) is 4.98 Å². The van der Waals surface area contributed by atoms with Gasteiger partial charge in [-0.1, -0.05) is 0 Å². The van der Waals surface area contributed by atoms with Crippen LogP contribution < -0.4 is 4.74 Å². The Hall–Kier alpha value is -2.40. The van der Waals surface area contributed by atoms with Crippen LogP contribution in [-0.4, -0.2) is 47.1 Å². The molecule has 0 bridgehead atoms. The number of rotatable bonds is 3. The van der Waals surface area contributed by atoms with Gasteiger partial charge in [-0.2, -0.15) is 4.98 Å². The highest BCUT2D eigenvalue weighted by Gasteiger charge is 2.21. The monoisotopic (exact) mass is 322 g/mol. The van der Waals surface area contributed by atoms with E-state index in [4.69, 9.17) is 4.74 Å². The van der Waals surface area contributed by atoms with Crippen molar-refractivity contribution in [2.75, 3.05) is 27.2 Å². The van der Waals surface area contributed by atoms with Gasteiger partial charge in [-0.15, -0.1) is 0 Å². The molecule has 5 heteroatoms. The summed E-state index contributed by atoms with van der Waals surface area (Å²) in [5.74, 6) is 1.91. The molecule has 0 unspecified atom stereocenters. The summed E-state index contributed by atoms with van der Waals surface area (Å²) in [7, 11) is 3.82. The number of hydrogen-bond donors (Lipinski definition) is 1. The van der Waals surface area contributed by atoms with Crippen LogP contribution in [0.1, 0.15) is 24.3 Å². The molecule has 3 heterocycles. The van der Waals surface area contributed by atoms with E-state index in [0.717, 1.165) is 18.7 Å². The molecule has 5 nitrogen and oxygen atoms in total. The number of benzene rings is 1. The summed E-state index contributed by atoms with van der Waals surface area (Å²) in [5, 5.41) is 1.29. The van der Waals surface area contributed by atoms with Crippen LogP contribution in [0.3, 0.4) is 0 Å². The van der Waals surface area contributed by atoms with Crippen LogP contribution in [0.5, 0.6) is 5.88 Å². The number of methoxy groups -OCH3 is 1. The van der Waals surface area contributed by atoms with Gasteiger partial charge in [0.05, 0.1) is 7.11 Å². The Labute approximate surface area is 141 Å². The minimum absolute atomic E-state index is 0.588. The van der Waals surface area contributed by atoms with Gasteiger partial charge in [-0.05, 0) is 62.7 Å². The molecule has 1 aliphatic rings. The summed E-state index contributed by atoms with van der Waals surface area (Å²) in [6, 6.07) is 8.15. The second-order valence-electron chi connectivity index (χ2n) is 6.50. The van der Waals surface area contributed by atoms with E-state index >= 15 is 0 Å². The summed E-state index contributed by atoms with van der Waals surface area (Å²) in [4.78, 5) is 14.7. The maximum Gasteiger partial charge on any atom is 0.216 e. The normalized spacial score (nSPS) is 16.6. The lowest BCUT2D eigenvalue weighted by molar-refractivity contribution is 0.256. The van der Waals surface area contributed by atoms with Gasteiger partial charge in [0.1, 0.15) is 0 Å². The zero-order valence-electron chi connectivity index (χ0n) is 14.1. The first-order valence-corrected chi connectivity index (χ1v) is 8.41. The largest absolute Gasteiger partial charge is 0.481 e. The van der Waals surface area contributed by atoms with Crippen molar-refractivity contribution in [2.24, 2.45) is 0 Å². The Kier molecular flexibility index (Phi) is 3.94. The van der Waals surface area contributed by atoms with Crippen molar-refractivity contribution in [3.8, 4) is 17.3 Å². The molecular weight excluding hydrogens is 300 g/mol. The molecule has 1 fully saturated rings. The van der Waals surface area contributed by atoms with E-state index in [9.17, 15) is 0 Å². The maximum absolute atomic E-state index is 5.22. The fraction of sp³-hybridized carbons (Fsp3) is 0.368. The lowest BCUT2D eigenvalue weighted by Gasteiger charge is -2.28. The van der Waals surface area contributed by atoms with Gasteiger partial charge >= 0.3 is 0 Å². The van der Waals surface area contributed by atoms with Gasteiger partial charge in [0.25, 0.3) is 0 Å². The molecule has 3 aromatic rings. The Balaban J connectivity index is 1.73. The van der Waals surface area contributed by atoms with Crippen molar-refractivity contribution in [2.45, 2.75) is 18.8 Å². The number of fused-ring (bicyclic) bond motifs is 1. The van der Waals surface area contributed by atoms with Gasteiger partial charge in [0.2, 0.25) is 5.88 Å². The lowest BCUT2D eigenvalue weighted by Crippen LogP contribution is -2.29. The average molecular weight is 322 g/mol. The van der Waals surface area contributed by atoms with E-state index in [1.165, 1.54) is 29.3 Å². The van der Waals surface area contributed by atoms with Crippen LogP contribution in [0, 0.1) is 0 Å². The number of nitrogens with one attached hydrogen (secondary N) is 1. The third-order valence-corrected chi connectivity index (χ3v) is 4.97. The van der Waals surface area contributed by atoms with E-state index in [-0.39, 0.29) is 0 Å². The van der Waals surface area contributed by atoms with Crippen molar-refractivity contribution >= 4 is 10.9 Å². The van der Waals surface area contributed by atoms with Crippen LogP contribution in [-0.2, 0) is 0 Å². The maximum atomic E-state index is 5.22. The molecule has 1 aromatic carbocycles. The van der Waals surface area contributed by atoms with E-state index in [1.54, 1.807) is 19.4 Å². The molecule has 24 heavy (non-hydrogen) atoms. The predicted molar refractivity (Wildman–Crippen MR) is 95.3 cm³/mol. The fourth-order valence-corrected chi connectivity index (χ4v) is 3.53. The Bertz CT molecular complexity index is 849. The average Bonchev–Trinajstić information content (AvgIpc) is 3.05. The minimum Gasteiger partial charge on any atom is -0.481 e. The highest BCUT2D eigenvalue weighted by atomic mass is 16.5. The summed E-state index contributed by atoms with van der Waals surface area (Å²) in [5.41, 5.74) is 3.62. The molecule has 1 N–H and O–H groups in total. The molecule has 0 saturated carbocycles. The zero-order chi connectivity index (χ0) is 16.5. The van der Waals surface area contributed by atoms with Gasteiger partial charge in [0, 0.05) is 34.9 Å². The fourth-order valence-electron chi connectivity index (χ4n) is 3.53. The second kappa shape index (κ2) is 6.24. The predicted octanol–water partition coefficient (Wildman–Crippen LogP) is 3.44. The number of aromatic amines is 1. The van der Waals surface area contributed by atoms with E-state index < -0.39 is 0 Å². The molecule has 0 atom stereocenters. The third kappa shape index (κ3) is 2.76. The van der Waals surface area contributed by atoms with Crippen LogP contribution in [0.15, 0.2) is 36.7 Å². The highest BCUT2D eigenvalue weighted by molar-refractivity contribution is 5.87. The number of piperidine rings is 1. The molecule has 0 spiro atoms. The number of ether oxygens (including phenoxy) is 1. The third-order valence-electron chi connectivity index (χ3n) is 4.97. The standard InChI is InChI=1S/C19H22N4O/c1-23-9-6-13(7-10-23)16-12-21-17-4-3-14(11-15(16)17)19-20-8-5-18(22-19)24-2/h3-5,8,11-13,21H,6-7,9-10H2,1-2H3. The lowest BCUT2D eigenvalue weighted by atomic mass is 9.89. The number of nitrogens with zero attached hydrogens (tertiary/aromatic N) is 3. The molecule has 1 saturated heterocycles. The van der Waals surface area contributed by atoms with Crippen molar-refractivity contribution in [1.82, 2.24) is 19.9 Å². The van der Waals surface area contributed by atoms with E-state index in [1.807, 2.05) is 0 Å². The van der Waals surface area contributed by atoms with Crippen LogP contribution in [0.4, 0.5) is 0 Å². The number of hydrogen-bond acceptors (Lipinski definition) is 4. The van der Waals surface area contributed by atoms with E-state index in [0.29, 0.717) is 17.6 Å². The number of aromatic nitrogens is 3. The van der Waals surface area contributed by atoms with Crippen molar-refractivity contribution in [1.29, 1.82) is 0 Å². The topological polar surface area (TPSA) is 54.0 Å². The zero-order valence-corrected chi connectivity index (χ0v) is 14.1. The highest BCUT2D eigenvalue weighted by Crippen LogP contribution is 2.34. The SMILES string of the molecule is COc1ccnc(-c2ccc3[nH]cc(C4CCN(C)CC4)c3c2)n1. The summed E-state index contributed by atoms with van der Waals surface area (Å²) in [6.45, 7) is 2.33. The molecule has 0 radical (unpaired) electrons. The summed E-state index contributed by atoms with van der Waals surface area (Å²) >= 11 is 0. The van der Waals surface area contributed by atoms with E-state index in [2.05, 4.69) is 51.3 Å². The molecule has 2 aromatic heterocycles. The first-order valence-electron chi connectivity index (χ1n) is 8.41. The first kappa shape index (κ1) is 15.1. The van der Waals surface area contributed by atoms with Gasteiger partial charge < -0.3 is 14.6 Å². The molecular formula is C19H22N4O. The van der Waals surface area contributed by atoms with Gasteiger partial charge in [-0.3, -0.25) is 0 Å². The number of likely N-dealkylation sites (tertiary alicyclic amines) is 1. The Morgan fingerprint density at radius 2 is 2.04 bits per heavy atom. The van der Waals surface area contributed by atoms with Crippen molar-refractivity contribution < 1.29 is 4.74 Å². The molecule has 4 rings (SSSR count). The van der Waals surface area contributed by atoms with Gasteiger partial charge in [0.15, 0.2) is 5.82 Å². The molecule has 0 amide bonds. The molecule has 0 aliphatic carbocycles. The van der Waals surface area contributed by atoms with Crippen molar-refractivity contribution in [3.05, 3.63) is 42.2 Å². The molecule has 1 aliphatic heterocycles. The minimum atomic E-state index is 0.588. The quantitative estimate of drug-likeness (QED) is 0.802. The summed E-state index contributed by atoms with van der Waals surface area (Å²) in [6.07, 6.45) is 6.34. The van der Waals surface area contributed by atoms with Crippen LogP contribution in [0.25, 0.3) is 22.3 Å². The Morgan fingerprint density at radius 1 is 1.21 bits per heavy atom. The first-order chi connectivity index (χ1) is 11.7. The smallest absolute Gasteiger partial charge is 0.216 e.